The molecule has 1 aromatic carbocycles. The molecule has 0 radical (unpaired) electrons. The van der Waals surface area contributed by atoms with Crippen molar-refractivity contribution in [3.8, 4) is 11.8 Å². The molecule has 5 heteroatoms. The van der Waals surface area contributed by atoms with Crippen molar-refractivity contribution < 1.29 is 15.5 Å². The van der Waals surface area contributed by atoms with Crippen molar-refractivity contribution in [3.63, 3.8) is 0 Å². The summed E-state index contributed by atoms with van der Waals surface area (Å²) in [5.74, 6) is 9.01. The van der Waals surface area contributed by atoms with E-state index in [0.717, 1.165) is 33.6 Å². The van der Waals surface area contributed by atoms with Gasteiger partial charge < -0.3 is 0 Å². The average molecular weight is 312 g/mol. The van der Waals surface area contributed by atoms with E-state index in [1.807, 2.05) is 46.8 Å². The van der Waals surface area contributed by atoms with Crippen molar-refractivity contribution in [1.29, 1.82) is 0 Å². The number of nitrogens with zero attached hydrogens (tertiary/aromatic N) is 2. The molecule has 2 aromatic rings. The van der Waals surface area contributed by atoms with Crippen LogP contribution in [-0.2, 0) is 4.84 Å². The van der Waals surface area contributed by atoms with Gasteiger partial charge in [0.1, 0.15) is 0 Å². The molecule has 120 valence electrons. The van der Waals surface area contributed by atoms with Crippen LogP contribution in [-0.4, -0.2) is 22.3 Å². The molecule has 0 saturated heterocycles. The number of hydrogen-bond donors (Lipinski definition) is 1. The molecule has 3 N–H and O–H groups in total. The van der Waals surface area contributed by atoms with E-state index in [2.05, 4.69) is 22.8 Å². The van der Waals surface area contributed by atoms with Crippen molar-refractivity contribution >= 4 is 5.91 Å². The standard InChI is InChI=1S/C18H22N3O2/c1-11-9-12(2)17(13(3)10-11)18(22)21-15(5)16(14(4)20-21)7-6-8-23-19/h9-10H,8H2,1-5,19H3/q+1. The van der Waals surface area contributed by atoms with Gasteiger partial charge in [0, 0.05) is 5.56 Å². The van der Waals surface area contributed by atoms with Crippen LogP contribution in [0.4, 0.5) is 0 Å². The average Bonchev–Trinajstić information content (AvgIpc) is 2.74. The normalized spacial score (nSPS) is 10.3. The van der Waals surface area contributed by atoms with Crippen molar-refractivity contribution in [2.24, 2.45) is 0 Å². The predicted molar refractivity (Wildman–Crippen MR) is 87.8 cm³/mol. The van der Waals surface area contributed by atoms with E-state index in [1.165, 1.54) is 4.68 Å². The maximum Gasteiger partial charge on any atom is 0.278 e. The lowest BCUT2D eigenvalue weighted by Gasteiger charge is -2.11. The molecule has 0 fully saturated rings. The highest BCUT2D eigenvalue weighted by molar-refractivity contribution is 5.98. The number of hydrogen-bond acceptors (Lipinski definition) is 3. The molecule has 0 aliphatic carbocycles. The highest BCUT2D eigenvalue weighted by Gasteiger charge is 2.20. The summed E-state index contributed by atoms with van der Waals surface area (Å²) in [6.07, 6.45) is 0. The molecule has 0 amide bonds. The van der Waals surface area contributed by atoms with E-state index in [0.29, 0.717) is 5.56 Å². The molecular weight excluding hydrogens is 290 g/mol. The van der Waals surface area contributed by atoms with Gasteiger partial charge in [-0.15, -0.1) is 0 Å². The van der Waals surface area contributed by atoms with E-state index in [-0.39, 0.29) is 12.5 Å². The second-order valence-corrected chi connectivity index (χ2v) is 5.69. The molecule has 1 aromatic heterocycles. The first-order valence-electron chi connectivity index (χ1n) is 7.41. The summed E-state index contributed by atoms with van der Waals surface area (Å²) < 4.78 is 1.44. The quantitative estimate of drug-likeness (QED) is 0.677. The van der Waals surface area contributed by atoms with E-state index in [4.69, 9.17) is 4.84 Å². The molecule has 2 rings (SSSR count). The first kappa shape index (κ1) is 16.9. The Morgan fingerprint density at radius 1 is 1.22 bits per heavy atom. The van der Waals surface area contributed by atoms with Gasteiger partial charge in [0.2, 0.25) is 0 Å². The molecule has 0 aliphatic rings. The first-order chi connectivity index (χ1) is 10.9. The number of carbonyl (C=O) groups is 1. The lowest BCUT2D eigenvalue weighted by atomic mass is 9.99. The number of aryl methyl sites for hydroxylation is 4. The fraction of sp³-hybridized carbons (Fsp3) is 0.333. The van der Waals surface area contributed by atoms with Crippen molar-refractivity contribution in [2.45, 2.75) is 34.6 Å². The molecule has 0 bridgehead atoms. The maximum absolute atomic E-state index is 12.9. The van der Waals surface area contributed by atoms with E-state index < -0.39 is 0 Å². The van der Waals surface area contributed by atoms with Gasteiger partial charge >= 0.3 is 0 Å². The van der Waals surface area contributed by atoms with Gasteiger partial charge in [-0.3, -0.25) is 4.79 Å². The summed E-state index contributed by atoms with van der Waals surface area (Å²) >= 11 is 0. The Hall–Kier alpha value is -2.42. The fourth-order valence-corrected chi connectivity index (χ4v) is 2.82. The molecule has 23 heavy (non-hydrogen) atoms. The Morgan fingerprint density at radius 3 is 2.39 bits per heavy atom. The lowest BCUT2D eigenvalue weighted by molar-refractivity contribution is -0.685. The fourth-order valence-electron chi connectivity index (χ4n) is 2.82. The number of quaternary nitrogens is 1. The summed E-state index contributed by atoms with van der Waals surface area (Å²) in [7, 11) is 0. The Labute approximate surface area is 136 Å². The predicted octanol–water partition coefficient (Wildman–Crippen LogP) is 1.64. The zero-order valence-electron chi connectivity index (χ0n) is 14.3. The van der Waals surface area contributed by atoms with Gasteiger partial charge in [0.15, 0.2) is 6.61 Å². The van der Waals surface area contributed by atoms with Crippen molar-refractivity contribution in [1.82, 2.24) is 9.78 Å². The summed E-state index contributed by atoms with van der Waals surface area (Å²) in [5.41, 5.74) is 5.99. The lowest BCUT2D eigenvalue weighted by Crippen LogP contribution is -2.48. The number of benzene rings is 1. The monoisotopic (exact) mass is 312 g/mol. The van der Waals surface area contributed by atoms with Gasteiger partial charge in [-0.25, -0.2) is 5.90 Å². The minimum Gasteiger partial charge on any atom is -0.267 e. The largest absolute Gasteiger partial charge is 0.278 e. The third-order valence-electron chi connectivity index (χ3n) is 3.76. The Balaban J connectivity index is 2.50. The highest BCUT2D eigenvalue weighted by Crippen LogP contribution is 2.20. The van der Waals surface area contributed by atoms with Crippen LogP contribution in [0.5, 0.6) is 0 Å². The summed E-state index contributed by atoms with van der Waals surface area (Å²) in [6.45, 7) is 9.87. The topological polar surface area (TPSA) is 71.8 Å². The van der Waals surface area contributed by atoms with Crippen LogP contribution in [0, 0.1) is 46.5 Å². The molecule has 0 saturated carbocycles. The van der Waals surface area contributed by atoms with Crippen LogP contribution < -0.4 is 5.90 Å². The van der Waals surface area contributed by atoms with Crippen molar-refractivity contribution in [3.05, 3.63) is 51.3 Å². The molecular formula is C18H22N3O2+. The van der Waals surface area contributed by atoms with Gasteiger partial charge in [-0.2, -0.15) is 14.6 Å². The minimum atomic E-state index is -0.123. The minimum absolute atomic E-state index is 0.123. The van der Waals surface area contributed by atoms with E-state index in [1.54, 1.807) is 0 Å². The molecule has 5 nitrogen and oxygen atoms in total. The van der Waals surface area contributed by atoms with Crippen LogP contribution >= 0.6 is 0 Å². The zero-order valence-corrected chi connectivity index (χ0v) is 14.3. The summed E-state index contributed by atoms with van der Waals surface area (Å²) in [4.78, 5) is 17.6. The van der Waals surface area contributed by atoms with Gasteiger partial charge in [-0.05, 0) is 45.7 Å². The number of carbonyl (C=O) groups excluding carboxylic acids is 1. The van der Waals surface area contributed by atoms with Gasteiger partial charge in [-0.1, -0.05) is 29.5 Å². The second-order valence-electron chi connectivity index (χ2n) is 5.69. The molecule has 0 aliphatic heterocycles. The zero-order chi connectivity index (χ0) is 17.1. The van der Waals surface area contributed by atoms with Crippen LogP contribution in [0.3, 0.4) is 0 Å². The third-order valence-corrected chi connectivity index (χ3v) is 3.76. The Bertz CT molecular complexity index is 800. The summed E-state index contributed by atoms with van der Waals surface area (Å²) in [5, 5.41) is 4.38. The molecule has 0 unspecified atom stereocenters. The number of rotatable bonds is 2. The molecule has 0 atom stereocenters. The number of aromatic nitrogens is 2. The van der Waals surface area contributed by atoms with Crippen molar-refractivity contribution in [2.75, 3.05) is 6.61 Å². The highest BCUT2D eigenvalue weighted by atomic mass is 16.6. The first-order valence-corrected chi connectivity index (χ1v) is 7.41. The SMILES string of the molecule is Cc1cc(C)c(C(=O)n2nc(C)c(C#CCO[NH3+])c2C)c(C)c1. The smallest absolute Gasteiger partial charge is 0.267 e. The van der Waals surface area contributed by atoms with E-state index in [9.17, 15) is 4.79 Å². The molecule has 1 heterocycles. The third kappa shape index (κ3) is 3.34. The van der Waals surface area contributed by atoms with Crippen LogP contribution in [0.1, 0.15) is 44.0 Å². The van der Waals surface area contributed by atoms with Crippen LogP contribution in [0.15, 0.2) is 12.1 Å². The second kappa shape index (κ2) is 6.78. The Morgan fingerprint density at radius 2 is 1.83 bits per heavy atom. The maximum atomic E-state index is 12.9. The van der Waals surface area contributed by atoms with Gasteiger partial charge in [0.25, 0.3) is 5.91 Å². The van der Waals surface area contributed by atoms with Crippen LogP contribution in [0.25, 0.3) is 0 Å². The van der Waals surface area contributed by atoms with E-state index >= 15 is 0 Å². The van der Waals surface area contributed by atoms with Crippen LogP contribution in [0.2, 0.25) is 0 Å². The van der Waals surface area contributed by atoms with Gasteiger partial charge in [0.05, 0.1) is 17.0 Å². The Kier molecular flexibility index (Phi) is 4.99. The summed E-state index contributed by atoms with van der Waals surface area (Å²) in [6, 6.07) is 4.02. The molecule has 0 spiro atoms.